The highest BCUT2D eigenvalue weighted by molar-refractivity contribution is 7.99. The van der Waals surface area contributed by atoms with Crippen LogP contribution in [0.4, 0.5) is 4.39 Å². The van der Waals surface area contributed by atoms with E-state index in [0.717, 1.165) is 12.0 Å². The van der Waals surface area contributed by atoms with Crippen LogP contribution in [0.25, 0.3) is 0 Å². The van der Waals surface area contributed by atoms with Gasteiger partial charge in [0.2, 0.25) is 11.8 Å². The first kappa shape index (κ1) is 25.2. The van der Waals surface area contributed by atoms with Gasteiger partial charge in [0.25, 0.3) is 0 Å². The molecule has 2 atom stereocenters. The summed E-state index contributed by atoms with van der Waals surface area (Å²) in [5.74, 6) is -0.0985. The SMILES string of the molecule is CC[C@@H](C)NC(=O)[C@H](CC)N(Cc1ccccc1Cl)C(=O)CSCc1ccccc1F. The lowest BCUT2D eigenvalue weighted by Crippen LogP contribution is -2.51. The molecule has 0 aliphatic rings. The summed E-state index contributed by atoms with van der Waals surface area (Å²) in [4.78, 5) is 27.7. The second-order valence-corrected chi connectivity index (χ2v) is 8.83. The zero-order valence-electron chi connectivity index (χ0n) is 18.2. The summed E-state index contributed by atoms with van der Waals surface area (Å²) in [6, 6.07) is 13.3. The number of halogens is 2. The van der Waals surface area contributed by atoms with Crippen LogP contribution in [0.3, 0.4) is 0 Å². The van der Waals surface area contributed by atoms with Gasteiger partial charge in [-0.05, 0) is 43.0 Å². The molecular weight excluding hydrogens is 435 g/mol. The smallest absolute Gasteiger partial charge is 0.243 e. The van der Waals surface area contributed by atoms with Gasteiger partial charge in [-0.3, -0.25) is 9.59 Å². The van der Waals surface area contributed by atoms with Crippen LogP contribution in [0, 0.1) is 5.82 Å². The predicted molar refractivity (Wildman–Crippen MR) is 127 cm³/mol. The number of rotatable bonds is 11. The Hall–Kier alpha value is -2.05. The van der Waals surface area contributed by atoms with Gasteiger partial charge in [-0.15, -0.1) is 11.8 Å². The van der Waals surface area contributed by atoms with E-state index in [-0.39, 0.29) is 36.0 Å². The lowest BCUT2D eigenvalue weighted by molar-refractivity contribution is -0.139. The van der Waals surface area contributed by atoms with Crippen LogP contribution in [0.1, 0.15) is 44.7 Å². The average Bonchev–Trinajstić information content (AvgIpc) is 2.76. The van der Waals surface area contributed by atoms with Crippen molar-refractivity contribution >= 4 is 35.2 Å². The monoisotopic (exact) mass is 464 g/mol. The topological polar surface area (TPSA) is 49.4 Å². The van der Waals surface area contributed by atoms with Gasteiger partial charge in [0, 0.05) is 23.4 Å². The molecule has 0 heterocycles. The van der Waals surface area contributed by atoms with E-state index in [4.69, 9.17) is 11.6 Å². The standard InChI is InChI=1S/C24H30ClFN2O2S/c1-4-17(3)27-24(30)22(5-2)28(14-18-10-6-8-12-20(18)25)23(29)16-31-15-19-11-7-9-13-21(19)26/h6-13,17,22H,4-5,14-16H2,1-3H3,(H,27,30)/t17-,22+/m1/s1. The van der Waals surface area contributed by atoms with Crippen LogP contribution < -0.4 is 5.32 Å². The number of nitrogens with zero attached hydrogens (tertiary/aromatic N) is 1. The van der Waals surface area contributed by atoms with Crippen LogP contribution in [-0.4, -0.2) is 34.6 Å². The Morgan fingerprint density at radius 1 is 1.06 bits per heavy atom. The molecule has 2 aromatic carbocycles. The van der Waals surface area contributed by atoms with E-state index in [1.807, 2.05) is 39.0 Å². The molecule has 7 heteroatoms. The van der Waals surface area contributed by atoms with Gasteiger partial charge in [-0.1, -0.05) is 61.8 Å². The molecule has 31 heavy (non-hydrogen) atoms. The average molecular weight is 465 g/mol. The highest BCUT2D eigenvalue weighted by Crippen LogP contribution is 2.22. The Morgan fingerprint density at radius 3 is 2.32 bits per heavy atom. The summed E-state index contributed by atoms with van der Waals surface area (Å²) in [5.41, 5.74) is 1.34. The van der Waals surface area contributed by atoms with E-state index in [0.29, 0.717) is 22.8 Å². The summed E-state index contributed by atoms with van der Waals surface area (Å²) in [6.45, 7) is 6.07. The molecular formula is C24H30ClFN2O2S. The molecule has 0 saturated heterocycles. The van der Waals surface area contributed by atoms with Crippen LogP contribution in [-0.2, 0) is 21.9 Å². The quantitative estimate of drug-likeness (QED) is 0.482. The zero-order valence-corrected chi connectivity index (χ0v) is 19.8. The highest BCUT2D eigenvalue weighted by atomic mass is 35.5. The molecule has 2 aromatic rings. The Labute approximate surface area is 193 Å². The number of benzene rings is 2. The zero-order chi connectivity index (χ0) is 22.8. The first-order chi connectivity index (χ1) is 14.9. The third-order valence-electron chi connectivity index (χ3n) is 5.13. The fourth-order valence-corrected chi connectivity index (χ4v) is 4.21. The number of hydrogen-bond acceptors (Lipinski definition) is 3. The predicted octanol–water partition coefficient (Wildman–Crippen LogP) is 5.43. The van der Waals surface area contributed by atoms with Crippen LogP contribution in [0.5, 0.6) is 0 Å². The normalized spacial score (nSPS) is 12.8. The van der Waals surface area contributed by atoms with Crippen molar-refractivity contribution in [2.24, 2.45) is 0 Å². The minimum Gasteiger partial charge on any atom is -0.352 e. The van der Waals surface area contributed by atoms with E-state index in [1.54, 1.807) is 29.2 Å². The van der Waals surface area contributed by atoms with Crippen LogP contribution in [0.15, 0.2) is 48.5 Å². The number of carbonyl (C=O) groups is 2. The highest BCUT2D eigenvalue weighted by Gasteiger charge is 2.29. The Kier molecular flexibility index (Phi) is 10.3. The van der Waals surface area contributed by atoms with E-state index in [1.165, 1.54) is 17.8 Å². The maximum Gasteiger partial charge on any atom is 0.243 e. The Bertz CT molecular complexity index is 880. The molecule has 2 amide bonds. The molecule has 0 aliphatic heterocycles. The van der Waals surface area contributed by atoms with Crippen molar-refractivity contribution in [3.63, 3.8) is 0 Å². The number of hydrogen-bond donors (Lipinski definition) is 1. The van der Waals surface area contributed by atoms with E-state index >= 15 is 0 Å². The van der Waals surface area contributed by atoms with Crippen molar-refractivity contribution in [1.29, 1.82) is 0 Å². The molecule has 0 aromatic heterocycles. The van der Waals surface area contributed by atoms with E-state index in [9.17, 15) is 14.0 Å². The first-order valence-corrected chi connectivity index (χ1v) is 12.0. The summed E-state index contributed by atoms with van der Waals surface area (Å²) in [5, 5.41) is 3.54. The second-order valence-electron chi connectivity index (χ2n) is 7.44. The van der Waals surface area contributed by atoms with Gasteiger partial charge in [-0.2, -0.15) is 0 Å². The van der Waals surface area contributed by atoms with E-state index in [2.05, 4.69) is 5.32 Å². The van der Waals surface area contributed by atoms with Gasteiger partial charge >= 0.3 is 0 Å². The van der Waals surface area contributed by atoms with Crippen LogP contribution in [0.2, 0.25) is 5.02 Å². The van der Waals surface area contributed by atoms with Crippen molar-refractivity contribution < 1.29 is 14.0 Å². The lowest BCUT2D eigenvalue weighted by atomic mass is 10.1. The third-order valence-corrected chi connectivity index (χ3v) is 6.46. The molecule has 0 fully saturated rings. The summed E-state index contributed by atoms with van der Waals surface area (Å²) in [7, 11) is 0. The van der Waals surface area contributed by atoms with Crippen molar-refractivity contribution in [3.05, 3.63) is 70.5 Å². The number of amides is 2. The largest absolute Gasteiger partial charge is 0.352 e. The Balaban J connectivity index is 2.16. The molecule has 0 aliphatic carbocycles. The van der Waals surface area contributed by atoms with Crippen LogP contribution >= 0.6 is 23.4 Å². The van der Waals surface area contributed by atoms with E-state index < -0.39 is 6.04 Å². The van der Waals surface area contributed by atoms with Crippen molar-refractivity contribution in [2.45, 2.75) is 58.0 Å². The van der Waals surface area contributed by atoms with Gasteiger partial charge in [0.05, 0.1) is 5.75 Å². The van der Waals surface area contributed by atoms with Crippen molar-refractivity contribution in [1.82, 2.24) is 10.2 Å². The van der Waals surface area contributed by atoms with Gasteiger partial charge < -0.3 is 10.2 Å². The van der Waals surface area contributed by atoms with Crippen molar-refractivity contribution in [3.8, 4) is 0 Å². The first-order valence-electron chi connectivity index (χ1n) is 10.5. The van der Waals surface area contributed by atoms with Gasteiger partial charge in [0.1, 0.15) is 11.9 Å². The van der Waals surface area contributed by atoms with Gasteiger partial charge in [0.15, 0.2) is 0 Å². The molecule has 4 nitrogen and oxygen atoms in total. The molecule has 0 spiro atoms. The fraction of sp³-hybridized carbons (Fsp3) is 0.417. The summed E-state index contributed by atoms with van der Waals surface area (Å²) in [6.07, 6.45) is 1.29. The molecule has 0 bridgehead atoms. The lowest BCUT2D eigenvalue weighted by Gasteiger charge is -2.31. The molecule has 0 saturated carbocycles. The number of carbonyl (C=O) groups excluding carboxylic acids is 2. The van der Waals surface area contributed by atoms with Gasteiger partial charge in [-0.25, -0.2) is 4.39 Å². The summed E-state index contributed by atoms with van der Waals surface area (Å²) >= 11 is 7.66. The molecule has 168 valence electrons. The molecule has 0 radical (unpaired) electrons. The Morgan fingerprint density at radius 2 is 1.71 bits per heavy atom. The molecule has 0 unspecified atom stereocenters. The number of nitrogens with one attached hydrogen (secondary N) is 1. The number of thioether (sulfide) groups is 1. The summed E-state index contributed by atoms with van der Waals surface area (Å²) < 4.78 is 13.9. The maximum absolute atomic E-state index is 13.9. The minimum atomic E-state index is -0.605. The van der Waals surface area contributed by atoms with Crippen molar-refractivity contribution in [2.75, 3.05) is 5.75 Å². The second kappa shape index (κ2) is 12.7. The maximum atomic E-state index is 13.9. The molecule has 2 rings (SSSR count). The third kappa shape index (κ3) is 7.54. The fourth-order valence-electron chi connectivity index (χ4n) is 3.12. The minimum absolute atomic E-state index is 0.0225. The molecule has 1 N–H and O–H groups in total.